The highest BCUT2D eigenvalue weighted by molar-refractivity contribution is 5.69. The predicted octanol–water partition coefficient (Wildman–Crippen LogP) is 6.67. The summed E-state index contributed by atoms with van der Waals surface area (Å²) >= 11 is 0. The van der Waals surface area contributed by atoms with Crippen molar-refractivity contribution in [1.29, 1.82) is 0 Å². The summed E-state index contributed by atoms with van der Waals surface area (Å²) in [5, 5.41) is 0. The molecule has 0 N–H and O–H groups in total. The van der Waals surface area contributed by atoms with Gasteiger partial charge in [-0.2, -0.15) is 0 Å². The van der Waals surface area contributed by atoms with Crippen molar-refractivity contribution < 1.29 is 9.53 Å². The number of unbranched alkanes of at least 4 members (excludes halogenated alkanes) is 10. The number of hydrogen-bond donors (Lipinski definition) is 0. The fraction of sp³-hybridized carbons (Fsp3) is 0.950. The van der Waals surface area contributed by atoms with Gasteiger partial charge in [-0.15, -0.1) is 0 Å². The van der Waals surface area contributed by atoms with Crippen LogP contribution in [0.5, 0.6) is 0 Å². The van der Waals surface area contributed by atoms with Crippen molar-refractivity contribution in [2.75, 3.05) is 6.61 Å². The molecule has 0 saturated heterocycles. The van der Waals surface area contributed by atoms with Gasteiger partial charge in [-0.05, 0) is 18.8 Å². The van der Waals surface area contributed by atoms with Crippen molar-refractivity contribution in [1.82, 2.24) is 0 Å². The Hall–Kier alpha value is -0.530. The first-order chi connectivity index (χ1) is 10.7. The first-order valence-electron chi connectivity index (χ1n) is 9.82. The molecule has 0 radical (unpaired) electrons. The van der Waals surface area contributed by atoms with Gasteiger partial charge in [0.2, 0.25) is 0 Å². The van der Waals surface area contributed by atoms with Crippen molar-refractivity contribution in [2.45, 2.75) is 111 Å². The van der Waals surface area contributed by atoms with Crippen molar-refractivity contribution in [3.63, 3.8) is 0 Å². The summed E-state index contributed by atoms with van der Waals surface area (Å²) in [6.07, 6.45) is 16.9. The number of carbonyl (C=O) groups excluding carboxylic acids is 1. The van der Waals surface area contributed by atoms with Crippen LogP contribution in [0.3, 0.4) is 0 Å². The quantitative estimate of drug-likeness (QED) is 0.235. The lowest BCUT2D eigenvalue weighted by molar-refractivity contribution is -0.143. The van der Waals surface area contributed by atoms with Crippen LogP contribution in [-0.4, -0.2) is 12.6 Å². The second-order valence-corrected chi connectivity index (χ2v) is 7.04. The van der Waals surface area contributed by atoms with Gasteiger partial charge in [0.15, 0.2) is 0 Å². The van der Waals surface area contributed by atoms with Crippen LogP contribution in [0.4, 0.5) is 0 Å². The monoisotopic (exact) mass is 312 g/mol. The molecule has 0 bridgehead atoms. The molecule has 0 amide bonds. The number of ether oxygens (including phenoxy) is 1. The van der Waals surface area contributed by atoms with E-state index >= 15 is 0 Å². The van der Waals surface area contributed by atoms with Crippen molar-refractivity contribution >= 4 is 5.97 Å². The van der Waals surface area contributed by atoms with Gasteiger partial charge < -0.3 is 4.74 Å². The van der Waals surface area contributed by atoms with Crippen molar-refractivity contribution in [2.24, 2.45) is 5.92 Å². The molecule has 132 valence electrons. The lowest BCUT2D eigenvalue weighted by Gasteiger charge is -2.06. The predicted molar refractivity (Wildman–Crippen MR) is 96.1 cm³/mol. The summed E-state index contributed by atoms with van der Waals surface area (Å²) in [5.41, 5.74) is 0. The first-order valence-corrected chi connectivity index (χ1v) is 9.82. The third-order valence-electron chi connectivity index (χ3n) is 4.17. The molecular weight excluding hydrogens is 272 g/mol. The Morgan fingerprint density at radius 2 is 1.32 bits per heavy atom. The van der Waals surface area contributed by atoms with Crippen molar-refractivity contribution in [3.05, 3.63) is 0 Å². The van der Waals surface area contributed by atoms with Crippen LogP contribution < -0.4 is 0 Å². The molecule has 0 aromatic rings. The summed E-state index contributed by atoms with van der Waals surface area (Å²) in [4.78, 5) is 11.6. The van der Waals surface area contributed by atoms with Crippen LogP contribution in [0.15, 0.2) is 0 Å². The summed E-state index contributed by atoms with van der Waals surface area (Å²) in [7, 11) is 0. The number of carbonyl (C=O) groups is 1. The van der Waals surface area contributed by atoms with Crippen molar-refractivity contribution in [3.8, 4) is 0 Å². The largest absolute Gasteiger partial charge is 0.466 e. The highest BCUT2D eigenvalue weighted by Crippen LogP contribution is 2.11. The molecule has 0 aliphatic rings. The Kier molecular flexibility index (Phi) is 16.4. The van der Waals surface area contributed by atoms with E-state index in [-0.39, 0.29) is 5.97 Å². The molecule has 0 rings (SSSR count). The van der Waals surface area contributed by atoms with Crippen LogP contribution in [0.25, 0.3) is 0 Å². The Bertz CT molecular complexity index is 236. The van der Waals surface area contributed by atoms with Crippen LogP contribution >= 0.6 is 0 Å². The summed E-state index contributed by atoms with van der Waals surface area (Å²) in [5.74, 6) is 0.834. The van der Waals surface area contributed by atoms with Crippen LogP contribution in [0.1, 0.15) is 111 Å². The van der Waals surface area contributed by atoms with E-state index in [1.54, 1.807) is 0 Å². The third kappa shape index (κ3) is 17.5. The Labute approximate surface area is 139 Å². The van der Waals surface area contributed by atoms with Gasteiger partial charge in [0, 0.05) is 6.42 Å². The molecule has 0 spiro atoms. The smallest absolute Gasteiger partial charge is 0.305 e. The van der Waals surface area contributed by atoms with E-state index in [4.69, 9.17) is 4.74 Å². The molecule has 22 heavy (non-hydrogen) atoms. The second-order valence-electron chi connectivity index (χ2n) is 7.04. The molecule has 0 atom stereocenters. The lowest BCUT2D eigenvalue weighted by atomic mass is 10.0. The molecule has 0 unspecified atom stereocenters. The van der Waals surface area contributed by atoms with Gasteiger partial charge in [-0.3, -0.25) is 4.79 Å². The van der Waals surface area contributed by atoms with Crippen LogP contribution in [0, 0.1) is 5.92 Å². The topological polar surface area (TPSA) is 26.3 Å². The highest BCUT2D eigenvalue weighted by atomic mass is 16.5. The molecule has 0 aromatic carbocycles. The molecule has 0 fully saturated rings. The number of hydrogen-bond acceptors (Lipinski definition) is 2. The minimum absolute atomic E-state index is 0.00775. The zero-order valence-corrected chi connectivity index (χ0v) is 15.5. The molecule has 0 aromatic heterocycles. The van der Waals surface area contributed by atoms with Gasteiger partial charge in [0.05, 0.1) is 6.61 Å². The molecular formula is C20H40O2. The average molecular weight is 313 g/mol. The van der Waals surface area contributed by atoms with Gasteiger partial charge in [0.25, 0.3) is 0 Å². The van der Waals surface area contributed by atoms with E-state index in [1.165, 1.54) is 70.6 Å². The Morgan fingerprint density at radius 1 is 0.773 bits per heavy atom. The fourth-order valence-electron chi connectivity index (χ4n) is 2.67. The van der Waals surface area contributed by atoms with Gasteiger partial charge >= 0.3 is 5.97 Å². The maximum atomic E-state index is 11.6. The average Bonchev–Trinajstić information content (AvgIpc) is 2.48. The SMILES string of the molecule is CCCCCCCCCC(=O)OCCCCCCCC(C)C. The molecule has 0 aliphatic heterocycles. The first kappa shape index (κ1) is 21.5. The molecule has 0 aliphatic carbocycles. The van der Waals surface area contributed by atoms with E-state index < -0.39 is 0 Å². The number of rotatable bonds is 16. The van der Waals surface area contributed by atoms with Crippen LogP contribution in [-0.2, 0) is 9.53 Å². The van der Waals surface area contributed by atoms with Gasteiger partial charge in [0.1, 0.15) is 0 Å². The van der Waals surface area contributed by atoms with Gasteiger partial charge in [-0.1, -0.05) is 91.4 Å². The maximum absolute atomic E-state index is 11.6. The third-order valence-corrected chi connectivity index (χ3v) is 4.17. The zero-order valence-electron chi connectivity index (χ0n) is 15.5. The second kappa shape index (κ2) is 16.8. The van der Waals surface area contributed by atoms with Crippen LogP contribution in [0.2, 0.25) is 0 Å². The molecule has 2 nitrogen and oxygen atoms in total. The lowest BCUT2D eigenvalue weighted by Crippen LogP contribution is -2.05. The minimum atomic E-state index is 0.00775. The van der Waals surface area contributed by atoms with E-state index in [9.17, 15) is 4.79 Å². The van der Waals surface area contributed by atoms with E-state index in [2.05, 4.69) is 20.8 Å². The molecule has 2 heteroatoms. The minimum Gasteiger partial charge on any atom is -0.466 e. The fourth-order valence-corrected chi connectivity index (χ4v) is 2.67. The Balaban J connectivity index is 3.16. The maximum Gasteiger partial charge on any atom is 0.305 e. The van der Waals surface area contributed by atoms with Gasteiger partial charge in [-0.25, -0.2) is 0 Å². The summed E-state index contributed by atoms with van der Waals surface area (Å²) in [6, 6.07) is 0. The molecule has 0 heterocycles. The van der Waals surface area contributed by atoms with E-state index in [0.29, 0.717) is 13.0 Å². The summed E-state index contributed by atoms with van der Waals surface area (Å²) < 4.78 is 5.29. The normalized spacial score (nSPS) is 11.1. The highest BCUT2D eigenvalue weighted by Gasteiger charge is 2.02. The zero-order chi connectivity index (χ0) is 16.5. The number of esters is 1. The standard InChI is InChI=1S/C20H40O2/c1-4-5-6-7-8-11-14-17-20(21)22-18-15-12-9-10-13-16-19(2)3/h19H,4-18H2,1-3H3. The Morgan fingerprint density at radius 3 is 1.95 bits per heavy atom. The van der Waals surface area contributed by atoms with E-state index in [1.807, 2.05) is 0 Å². The molecule has 0 saturated carbocycles. The van der Waals surface area contributed by atoms with E-state index in [0.717, 1.165) is 18.8 Å². The summed E-state index contributed by atoms with van der Waals surface area (Å²) in [6.45, 7) is 7.43.